The van der Waals surface area contributed by atoms with Crippen LogP contribution in [-0.4, -0.2) is 25.4 Å². The maximum absolute atomic E-state index is 5.82. The predicted octanol–water partition coefficient (Wildman–Crippen LogP) is 3.95. The van der Waals surface area contributed by atoms with Gasteiger partial charge in [0.25, 0.3) is 0 Å². The van der Waals surface area contributed by atoms with E-state index in [1.807, 2.05) is 6.08 Å². The van der Waals surface area contributed by atoms with Crippen LogP contribution in [0.15, 0.2) is 12.7 Å². The average Bonchev–Trinajstić information content (AvgIpc) is 2.31. The molecule has 0 aliphatic carbocycles. The molecule has 0 radical (unpaired) electrons. The van der Waals surface area contributed by atoms with E-state index in [0.29, 0.717) is 0 Å². The van der Waals surface area contributed by atoms with Crippen molar-refractivity contribution in [3.05, 3.63) is 12.7 Å². The number of hydrogen-bond donors (Lipinski definition) is 0. The SMILES string of the molecule is C=C[C@@H](OCCCC)[C@H](CC)OCCCC. The Balaban J connectivity index is 3.90. The Morgan fingerprint density at radius 1 is 1.00 bits per heavy atom. The Kier molecular flexibility index (Phi) is 10.9. The van der Waals surface area contributed by atoms with Gasteiger partial charge in [0, 0.05) is 13.2 Å². The highest BCUT2D eigenvalue weighted by Gasteiger charge is 2.17. The molecule has 0 amide bonds. The van der Waals surface area contributed by atoms with E-state index in [1.165, 1.54) is 6.42 Å². The van der Waals surface area contributed by atoms with E-state index in [9.17, 15) is 0 Å². The highest BCUT2D eigenvalue weighted by Crippen LogP contribution is 2.11. The lowest BCUT2D eigenvalue weighted by atomic mass is 10.1. The topological polar surface area (TPSA) is 18.5 Å². The van der Waals surface area contributed by atoms with Gasteiger partial charge in [-0.2, -0.15) is 0 Å². The molecule has 96 valence electrons. The fraction of sp³-hybridized carbons (Fsp3) is 0.857. The maximum Gasteiger partial charge on any atom is 0.101 e. The molecule has 0 saturated carbocycles. The largest absolute Gasteiger partial charge is 0.375 e. The quantitative estimate of drug-likeness (QED) is 0.394. The van der Waals surface area contributed by atoms with Gasteiger partial charge in [-0.3, -0.25) is 0 Å². The molecule has 0 aromatic rings. The first-order valence-electron chi connectivity index (χ1n) is 6.65. The van der Waals surface area contributed by atoms with Crippen LogP contribution in [0, 0.1) is 0 Å². The molecule has 16 heavy (non-hydrogen) atoms. The maximum atomic E-state index is 5.82. The van der Waals surface area contributed by atoms with E-state index in [2.05, 4.69) is 27.4 Å². The van der Waals surface area contributed by atoms with Crippen LogP contribution in [0.1, 0.15) is 52.9 Å². The lowest BCUT2D eigenvalue weighted by Crippen LogP contribution is -2.30. The van der Waals surface area contributed by atoms with E-state index in [-0.39, 0.29) is 12.2 Å². The Hall–Kier alpha value is -0.340. The summed E-state index contributed by atoms with van der Waals surface area (Å²) in [7, 11) is 0. The molecule has 0 aromatic carbocycles. The fourth-order valence-electron chi connectivity index (χ4n) is 1.51. The van der Waals surface area contributed by atoms with Crippen molar-refractivity contribution in [1.82, 2.24) is 0 Å². The van der Waals surface area contributed by atoms with Gasteiger partial charge in [0.05, 0.1) is 6.10 Å². The van der Waals surface area contributed by atoms with Crippen LogP contribution in [0.5, 0.6) is 0 Å². The third-order valence-corrected chi connectivity index (χ3v) is 2.64. The summed E-state index contributed by atoms with van der Waals surface area (Å²) in [5.74, 6) is 0. The zero-order valence-corrected chi connectivity index (χ0v) is 11.2. The first-order valence-corrected chi connectivity index (χ1v) is 6.65. The zero-order valence-electron chi connectivity index (χ0n) is 11.2. The van der Waals surface area contributed by atoms with E-state index in [1.54, 1.807) is 0 Å². The second-order valence-corrected chi connectivity index (χ2v) is 4.10. The highest BCUT2D eigenvalue weighted by atomic mass is 16.5. The van der Waals surface area contributed by atoms with Crippen molar-refractivity contribution < 1.29 is 9.47 Å². The van der Waals surface area contributed by atoms with Gasteiger partial charge >= 0.3 is 0 Å². The molecule has 2 nitrogen and oxygen atoms in total. The molecular formula is C14H28O2. The van der Waals surface area contributed by atoms with Crippen LogP contribution in [0.3, 0.4) is 0 Å². The van der Waals surface area contributed by atoms with Crippen LogP contribution in [0.2, 0.25) is 0 Å². The summed E-state index contributed by atoms with van der Waals surface area (Å²) in [5, 5.41) is 0. The lowest BCUT2D eigenvalue weighted by Gasteiger charge is -2.24. The minimum Gasteiger partial charge on any atom is -0.375 e. The van der Waals surface area contributed by atoms with Gasteiger partial charge in [0.15, 0.2) is 0 Å². The van der Waals surface area contributed by atoms with Gasteiger partial charge in [-0.1, -0.05) is 39.7 Å². The van der Waals surface area contributed by atoms with E-state index in [4.69, 9.17) is 9.47 Å². The zero-order chi connectivity index (χ0) is 12.2. The Morgan fingerprint density at radius 3 is 2.00 bits per heavy atom. The van der Waals surface area contributed by atoms with Gasteiger partial charge in [-0.25, -0.2) is 0 Å². The van der Waals surface area contributed by atoms with Gasteiger partial charge < -0.3 is 9.47 Å². The highest BCUT2D eigenvalue weighted by molar-refractivity contribution is 4.86. The summed E-state index contributed by atoms with van der Waals surface area (Å²) < 4.78 is 11.6. The normalized spacial score (nSPS) is 14.7. The minimum atomic E-state index is 0.0495. The van der Waals surface area contributed by atoms with E-state index >= 15 is 0 Å². The first kappa shape index (κ1) is 15.7. The number of ether oxygens (including phenoxy) is 2. The van der Waals surface area contributed by atoms with Crippen molar-refractivity contribution in [3.8, 4) is 0 Å². The van der Waals surface area contributed by atoms with Crippen LogP contribution >= 0.6 is 0 Å². The fourth-order valence-corrected chi connectivity index (χ4v) is 1.51. The molecule has 0 N–H and O–H groups in total. The van der Waals surface area contributed by atoms with Crippen molar-refractivity contribution in [2.24, 2.45) is 0 Å². The molecule has 2 heteroatoms. The molecule has 0 unspecified atom stereocenters. The molecule has 0 heterocycles. The van der Waals surface area contributed by atoms with E-state index in [0.717, 1.165) is 38.9 Å². The number of unbranched alkanes of at least 4 members (excludes halogenated alkanes) is 2. The lowest BCUT2D eigenvalue weighted by molar-refractivity contribution is -0.0543. The minimum absolute atomic E-state index is 0.0495. The molecule has 0 fully saturated rings. The Morgan fingerprint density at radius 2 is 1.56 bits per heavy atom. The second-order valence-electron chi connectivity index (χ2n) is 4.10. The Bertz CT molecular complexity index is 157. The van der Waals surface area contributed by atoms with Crippen molar-refractivity contribution in [2.75, 3.05) is 13.2 Å². The van der Waals surface area contributed by atoms with Crippen molar-refractivity contribution >= 4 is 0 Å². The summed E-state index contributed by atoms with van der Waals surface area (Å²) in [6, 6.07) is 0. The first-order chi connectivity index (χ1) is 7.79. The van der Waals surface area contributed by atoms with Crippen LogP contribution < -0.4 is 0 Å². The van der Waals surface area contributed by atoms with Crippen molar-refractivity contribution in [2.45, 2.75) is 65.1 Å². The second kappa shape index (κ2) is 11.2. The molecular weight excluding hydrogens is 200 g/mol. The standard InChI is InChI=1S/C14H28O2/c1-5-9-11-15-13(7-3)14(8-4)16-12-10-6-2/h7,13-14H,3,5-6,8-12H2,1-2,4H3/t13-,14+/m1/s1. The summed E-state index contributed by atoms with van der Waals surface area (Å²) >= 11 is 0. The third kappa shape index (κ3) is 7.02. The predicted molar refractivity (Wildman–Crippen MR) is 69.8 cm³/mol. The molecule has 0 bridgehead atoms. The smallest absolute Gasteiger partial charge is 0.101 e. The number of rotatable bonds is 11. The van der Waals surface area contributed by atoms with Gasteiger partial charge in [-0.15, -0.1) is 6.58 Å². The molecule has 0 aliphatic rings. The van der Waals surface area contributed by atoms with Crippen LogP contribution in [0.25, 0.3) is 0 Å². The van der Waals surface area contributed by atoms with Crippen molar-refractivity contribution in [1.29, 1.82) is 0 Å². The summed E-state index contributed by atoms with van der Waals surface area (Å²) in [6.07, 6.45) is 7.63. The summed E-state index contributed by atoms with van der Waals surface area (Å²) in [6.45, 7) is 11.9. The van der Waals surface area contributed by atoms with E-state index < -0.39 is 0 Å². The molecule has 0 rings (SSSR count). The molecule has 0 spiro atoms. The van der Waals surface area contributed by atoms with Gasteiger partial charge in [-0.05, 0) is 19.3 Å². The van der Waals surface area contributed by atoms with Gasteiger partial charge in [0.1, 0.15) is 6.10 Å². The monoisotopic (exact) mass is 228 g/mol. The summed E-state index contributed by atoms with van der Waals surface area (Å²) in [4.78, 5) is 0. The molecule has 2 atom stereocenters. The summed E-state index contributed by atoms with van der Waals surface area (Å²) in [5.41, 5.74) is 0. The average molecular weight is 228 g/mol. The molecule has 0 aromatic heterocycles. The third-order valence-electron chi connectivity index (χ3n) is 2.64. The van der Waals surface area contributed by atoms with Gasteiger partial charge in [0.2, 0.25) is 0 Å². The molecule has 0 saturated heterocycles. The Labute approximate surface area is 101 Å². The molecule has 0 aliphatic heterocycles. The van der Waals surface area contributed by atoms with Crippen LogP contribution in [-0.2, 0) is 9.47 Å². The number of hydrogen-bond acceptors (Lipinski definition) is 2. The van der Waals surface area contributed by atoms with Crippen molar-refractivity contribution in [3.63, 3.8) is 0 Å². The van der Waals surface area contributed by atoms with Crippen LogP contribution in [0.4, 0.5) is 0 Å².